The van der Waals surface area contributed by atoms with Crippen molar-refractivity contribution in [2.45, 2.75) is 24.0 Å². The Morgan fingerprint density at radius 3 is 2.58 bits per heavy atom. The second-order valence-corrected chi connectivity index (χ2v) is 9.72. The van der Waals surface area contributed by atoms with Crippen molar-refractivity contribution in [1.82, 2.24) is 19.9 Å². The normalized spacial score (nSPS) is 17.8. The van der Waals surface area contributed by atoms with Gasteiger partial charge in [-0.2, -0.15) is 13.2 Å². The van der Waals surface area contributed by atoms with Gasteiger partial charge in [-0.1, -0.05) is 29.5 Å². The number of likely N-dealkylation sites (tertiary alicyclic amines) is 1. The van der Waals surface area contributed by atoms with Crippen LogP contribution >= 0.6 is 0 Å². The van der Waals surface area contributed by atoms with E-state index in [-0.39, 0.29) is 16.6 Å². The van der Waals surface area contributed by atoms with Crippen LogP contribution in [0.3, 0.4) is 0 Å². The van der Waals surface area contributed by atoms with Gasteiger partial charge in [0.25, 0.3) is 0 Å². The molecule has 0 N–H and O–H groups in total. The summed E-state index contributed by atoms with van der Waals surface area (Å²) in [5, 5.41) is 8.31. The molecule has 0 bridgehead atoms. The Balaban J connectivity index is 1.38. The first-order valence-corrected chi connectivity index (χ1v) is 11.4. The lowest BCUT2D eigenvalue weighted by Gasteiger charge is -2.15. The summed E-state index contributed by atoms with van der Waals surface area (Å²) in [6, 6.07) is 13.5. The van der Waals surface area contributed by atoms with Crippen molar-refractivity contribution < 1.29 is 21.6 Å². The highest BCUT2D eigenvalue weighted by Crippen LogP contribution is 2.31. The second-order valence-electron chi connectivity index (χ2n) is 7.69. The van der Waals surface area contributed by atoms with Crippen LogP contribution in [0.25, 0.3) is 5.69 Å². The minimum absolute atomic E-state index is 0.149. The van der Waals surface area contributed by atoms with Gasteiger partial charge in [0, 0.05) is 13.1 Å². The molecule has 10 heteroatoms. The van der Waals surface area contributed by atoms with Gasteiger partial charge < -0.3 is 0 Å². The molecule has 3 aromatic rings. The number of benzene rings is 2. The molecular formula is C21H21F3N4O2S. The van der Waals surface area contributed by atoms with E-state index in [0.717, 1.165) is 23.5 Å². The first kappa shape index (κ1) is 21.5. The second kappa shape index (κ2) is 8.43. The average Bonchev–Trinajstić information content (AvgIpc) is 3.38. The van der Waals surface area contributed by atoms with Gasteiger partial charge >= 0.3 is 6.18 Å². The van der Waals surface area contributed by atoms with E-state index in [0.29, 0.717) is 32.1 Å². The Kier molecular flexibility index (Phi) is 5.85. The van der Waals surface area contributed by atoms with Gasteiger partial charge in [-0.05, 0) is 49.2 Å². The van der Waals surface area contributed by atoms with Crippen molar-refractivity contribution in [3.8, 4) is 5.69 Å². The molecule has 1 aromatic heterocycles. The third kappa shape index (κ3) is 5.13. The maximum Gasteiger partial charge on any atom is 0.416 e. The quantitative estimate of drug-likeness (QED) is 0.574. The van der Waals surface area contributed by atoms with Crippen LogP contribution in [0.15, 0.2) is 65.7 Å². The number of para-hydroxylation sites is 1. The Morgan fingerprint density at radius 2 is 1.84 bits per heavy atom. The average molecular weight is 450 g/mol. The molecule has 2 aromatic carbocycles. The molecule has 164 valence electrons. The van der Waals surface area contributed by atoms with E-state index in [1.54, 1.807) is 4.68 Å². The van der Waals surface area contributed by atoms with E-state index in [2.05, 4.69) is 15.2 Å². The molecule has 0 amide bonds. The van der Waals surface area contributed by atoms with Crippen molar-refractivity contribution in [2.75, 3.05) is 18.8 Å². The zero-order valence-corrected chi connectivity index (χ0v) is 17.4. The third-order valence-electron chi connectivity index (χ3n) is 5.29. The van der Waals surface area contributed by atoms with Crippen LogP contribution in [-0.2, 0) is 22.6 Å². The van der Waals surface area contributed by atoms with Crippen molar-refractivity contribution in [2.24, 2.45) is 5.92 Å². The van der Waals surface area contributed by atoms with Crippen LogP contribution in [0, 0.1) is 5.92 Å². The molecule has 4 rings (SSSR count). The highest BCUT2D eigenvalue weighted by atomic mass is 32.2. The smallest absolute Gasteiger partial charge is 0.297 e. The molecular weight excluding hydrogens is 429 g/mol. The Labute approximate surface area is 178 Å². The number of hydrogen-bond donors (Lipinski definition) is 0. The molecule has 1 aliphatic heterocycles. The number of alkyl halides is 3. The lowest BCUT2D eigenvalue weighted by Crippen LogP contribution is -2.23. The molecule has 0 aliphatic carbocycles. The highest BCUT2D eigenvalue weighted by Gasteiger charge is 2.33. The van der Waals surface area contributed by atoms with Crippen molar-refractivity contribution in [3.63, 3.8) is 0 Å². The minimum atomic E-state index is -4.58. The monoisotopic (exact) mass is 450 g/mol. The number of aromatic nitrogens is 3. The summed E-state index contributed by atoms with van der Waals surface area (Å²) >= 11 is 0. The van der Waals surface area contributed by atoms with E-state index < -0.39 is 21.6 Å². The largest absolute Gasteiger partial charge is 0.416 e. The molecule has 1 fully saturated rings. The molecule has 0 radical (unpaired) electrons. The number of halogens is 3. The van der Waals surface area contributed by atoms with E-state index >= 15 is 0 Å². The lowest BCUT2D eigenvalue weighted by molar-refractivity contribution is -0.137. The van der Waals surface area contributed by atoms with Crippen LogP contribution in [0.2, 0.25) is 0 Å². The van der Waals surface area contributed by atoms with Crippen molar-refractivity contribution >= 4 is 9.84 Å². The number of nitrogens with zero attached hydrogens (tertiary/aromatic N) is 4. The van der Waals surface area contributed by atoms with Crippen molar-refractivity contribution in [1.29, 1.82) is 0 Å². The van der Waals surface area contributed by atoms with Crippen LogP contribution in [-0.4, -0.2) is 47.2 Å². The van der Waals surface area contributed by atoms with Gasteiger partial charge in [0.05, 0.1) is 33.8 Å². The third-order valence-corrected chi connectivity index (χ3v) is 7.18. The fourth-order valence-corrected chi connectivity index (χ4v) is 5.45. The summed E-state index contributed by atoms with van der Waals surface area (Å²) < 4.78 is 65.8. The molecule has 0 saturated carbocycles. The predicted octanol–water partition coefficient (Wildman–Crippen LogP) is 3.58. The van der Waals surface area contributed by atoms with E-state index in [4.69, 9.17) is 0 Å². The van der Waals surface area contributed by atoms with Gasteiger partial charge in [-0.15, -0.1) is 5.10 Å². The molecule has 0 spiro atoms. The zero-order valence-electron chi connectivity index (χ0n) is 16.5. The summed E-state index contributed by atoms with van der Waals surface area (Å²) in [5.74, 6) is -0.328. The Morgan fingerprint density at radius 1 is 1.06 bits per heavy atom. The lowest BCUT2D eigenvalue weighted by atomic mass is 10.2. The summed E-state index contributed by atoms with van der Waals surface area (Å²) in [5.41, 5.74) is 0.709. The number of hydrogen-bond acceptors (Lipinski definition) is 5. The van der Waals surface area contributed by atoms with E-state index in [9.17, 15) is 21.6 Å². The summed E-state index contributed by atoms with van der Waals surface area (Å²) in [6.07, 6.45) is -2.08. The van der Waals surface area contributed by atoms with Crippen LogP contribution in [0.5, 0.6) is 0 Å². The van der Waals surface area contributed by atoms with Crippen LogP contribution < -0.4 is 0 Å². The molecule has 1 aliphatic rings. The Hall–Kier alpha value is -2.72. The first-order valence-electron chi connectivity index (χ1n) is 9.80. The van der Waals surface area contributed by atoms with Gasteiger partial charge in [0.2, 0.25) is 0 Å². The highest BCUT2D eigenvalue weighted by molar-refractivity contribution is 7.91. The fourth-order valence-electron chi connectivity index (χ4n) is 3.77. The predicted molar refractivity (Wildman–Crippen MR) is 108 cm³/mol. The molecule has 1 atom stereocenters. The zero-order chi connectivity index (χ0) is 22.1. The van der Waals surface area contributed by atoms with Gasteiger partial charge in [0.1, 0.15) is 0 Å². The first-order chi connectivity index (χ1) is 14.7. The molecule has 0 unspecified atom stereocenters. The molecule has 31 heavy (non-hydrogen) atoms. The van der Waals surface area contributed by atoms with Crippen LogP contribution in [0.1, 0.15) is 17.7 Å². The maximum atomic E-state index is 12.9. The molecule has 2 heterocycles. The molecule has 6 nitrogen and oxygen atoms in total. The van der Waals surface area contributed by atoms with Crippen LogP contribution in [0.4, 0.5) is 13.2 Å². The fraction of sp³-hybridized carbons (Fsp3) is 0.333. The van der Waals surface area contributed by atoms with E-state index in [1.165, 1.54) is 6.07 Å². The maximum absolute atomic E-state index is 12.9. The van der Waals surface area contributed by atoms with Gasteiger partial charge in [-0.3, -0.25) is 4.90 Å². The summed E-state index contributed by atoms with van der Waals surface area (Å²) in [6.45, 7) is 1.77. The van der Waals surface area contributed by atoms with Crippen molar-refractivity contribution in [3.05, 3.63) is 72.1 Å². The van der Waals surface area contributed by atoms with E-state index in [1.807, 2.05) is 36.5 Å². The Bertz CT molecular complexity index is 1150. The minimum Gasteiger partial charge on any atom is -0.297 e. The topological polar surface area (TPSA) is 68.1 Å². The standard InChI is InChI=1S/C21H21F3N4O2S/c22-21(23,24)17-5-4-8-20(11-17)31(29,30)15-16-9-10-27(12-16)13-18-14-28(26-25-18)19-6-2-1-3-7-19/h1-8,11,14,16H,9-10,12-13,15H2/t16-/m1/s1. The summed E-state index contributed by atoms with van der Waals surface area (Å²) in [4.78, 5) is 1.80. The number of rotatable bonds is 6. The summed E-state index contributed by atoms with van der Waals surface area (Å²) in [7, 11) is -3.81. The number of sulfone groups is 1. The SMILES string of the molecule is O=S(=O)(C[C@@H]1CCN(Cc2cn(-c3ccccc3)nn2)C1)c1cccc(C(F)(F)F)c1. The van der Waals surface area contributed by atoms with Gasteiger partial charge in [0.15, 0.2) is 9.84 Å². The van der Waals surface area contributed by atoms with Gasteiger partial charge in [-0.25, -0.2) is 13.1 Å². The molecule has 1 saturated heterocycles.